The smallest absolute Gasteiger partial charge is 0.124 e. The molecular formula is C5H12N4. The largest absolute Gasteiger partial charge is 0.385 e. The van der Waals surface area contributed by atoms with Crippen LogP contribution in [0.15, 0.2) is 10.2 Å². The van der Waals surface area contributed by atoms with E-state index in [1.165, 1.54) is 0 Å². The van der Waals surface area contributed by atoms with Gasteiger partial charge in [-0.05, 0) is 0 Å². The molecule has 0 saturated carbocycles. The van der Waals surface area contributed by atoms with Gasteiger partial charge in [0.2, 0.25) is 0 Å². The highest BCUT2D eigenvalue weighted by Crippen LogP contribution is 1.88. The molecule has 0 aromatic heterocycles. The van der Waals surface area contributed by atoms with Crippen LogP contribution in [0, 0.1) is 5.92 Å². The van der Waals surface area contributed by atoms with Crippen molar-refractivity contribution in [3.05, 3.63) is 0 Å². The van der Waals surface area contributed by atoms with Gasteiger partial charge in [0, 0.05) is 12.6 Å². The second-order valence-corrected chi connectivity index (χ2v) is 1.95. The lowest BCUT2D eigenvalue weighted by molar-refractivity contribution is 0.774. The summed E-state index contributed by atoms with van der Waals surface area (Å²) >= 11 is 0. The van der Waals surface area contributed by atoms with Crippen LogP contribution < -0.4 is 11.3 Å². The first kappa shape index (κ1) is 7.94. The Morgan fingerprint density at radius 2 is 2.22 bits per heavy atom. The van der Waals surface area contributed by atoms with E-state index in [0.29, 0.717) is 5.84 Å². The number of amidine groups is 1. The fourth-order valence-corrected chi connectivity index (χ4v) is 0.222. The Hall–Kier alpha value is -1.06. The second-order valence-electron chi connectivity index (χ2n) is 1.95. The Kier molecular flexibility index (Phi) is 3.43. The molecule has 52 valence electrons. The zero-order valence-corrected chi connectivity index (χ0v) is 5.76. The molecule has 0 fully saturated rings. The fourth-order valence-electron chi connectivity index (χ4n) is 0.222. The van der Waals surface area contributed by atoms with Gasteiger partial charge < -0.3 is 5.73 Å². The van der Waals surface area contributed by atoms with Crippen LogP contribution in [0.3, 0.4) is 0 Å². The summed E-state index contributed by atoms with van der Waals surface area (Å²) in [5, 5.41) is 6.95. The van der Waals surface area contributed by atoms with Gasteiger partial charge in [-0.15, -0.1) is 5.10 Å². The molecule has 0 heterocycles. The summed E-state index contributed by atoms with van der Waals surface area (Å²) in [6.07, 6.45) is 0. The van der Waals surface area contributed by atoms with Gasteiger partial charge in [0.15, 0.2) is 0 Å². The van der Waals surface area contributed by atoms with Crippen molar-refractivity contribution in [1.82, 2.24) is 5.53 Å². The molecule has 0 bridgehead atoms. The normalized spacial score (nSPS) is 11.7. The van der Waals surface area contributed by atoms with Crippen molar-refractivity contribution in [2.75, 3.05) is 0 Å². The fraction of sp³-hybridized carbons (Fsp3) is 0.600. The van der Waals surface area contributed by atoms with Crippen molar-refractivity contribution in [1.29, 1.82) is 0 Å². The van der Waals surface area contributed by atoms with E-state index in [0.717, 1.165) is 0 Å². The molecule has 0 saturated heterocycles. The van der Waals surface area contributed by atoms with Crippen LogP contribution in [0.2, 0.25) is 0 Å². The van der Waals surface area contributed by atoms with Crippen molar-refractivity contribution in [2.45, 2.75) is 13.8 Å². The van der Waals surface area contributed by atoms with Crippen molar-refractivity contribution in [3.63, 3.8) is 0 Å². The van der Waals surface area contributed by atoms with Gasteiger partial charge in [0.25, 0.3) is 0 Å². The van der Waals surface area contributed by atoms with Gasteiger partial charge in [-0.25, -0.2) is 0 Å². The lowest BCUT2D eigenvalue weighted by Gasteiger charge is -2.00. The Balaban J connectivity index is 3.68. The predicted molar refractivity (Wildman–Crippen MR) is 39.1 cm³/mol. The number of hydrazone groups is 2. The summed E-state index contributed by atoms with van der Waals surface area (Å²) in [5.74, 6) is 0.779. The molecule has 9 heavy (non-hydrogen) atoms. The van der Waals surface area contributed by atoms with Crippen molar-refractivity contribution < 1.29 is 0 Å². The Morgan fingerprint density at radius 3 is 2.56 bits per heavy atom. The van der Waals surface area contributed by atoms with Crippen LogP contribution in [-0.2, 0) is 0 Å². The van der Waals surface area contributed by atoms with Gasteiger partial charge in [-0.3, -0.25) is 0 Å². The third-order valence-electron chi connectivity index (χ3n) is 0.841. The van der Waals surface area contributed by atoms with E-state index < -0.39 is 0 Å². The predicted octanol–water partition coefficient (Wildman–Crippen LogP) is 0.120. The minimum absolute atomic E-state index is 0.249. The molecule has 0 aliphatic rings. The highest BCUT2D eigenvalue weighted by atomic mass is 15.5. The van der Waals surface area contributed by atoms with Crippen molar-refractivity contribution in [3.8, 4) is 0 Å². The minimum Gasteiger partial charge on any atom is -0.385 e. The van der Waals surface area contributed by atoms with Gasteiger partial charge >= 0.3 is 0 Å². The van der Waals surface area contributed by atoms with E-state index in [9.17, 15) is 0 Å². The number of nitrogens with two attached hydrogens (primary N) is 1. The highest BCUT2D eigenvalue weighted by molar-refractivity contribution is 5.81. The maximum Gasteiger partial charge on any atom is 0.124 e. The number of rotatable bonds is 3. The maximum atomic E-state index is 5.40. The summed E-state index contributed by atoms with van der Waals surface area (Å²) in [7, 11) is 0. The third-order valence-corrected chi connectivity index (χ3v) is 0.841. The first-order valence-corrected chi connectivity index (χ1v) is 2.72. The summed E-state index contributed by atoms with van der Waals surface area (Å²) < 4.78 is 0. The molecule has 0 unspecified atom stereocenters. The van der Waals surface area contributed by atoms with Crippen molar-refractivity contribution in [2.24, 2.45) is 21.9 Å². The Morgan fingerprint density at radius 1 is 1.67 bits per heavy atom. The quantitative estimate of drug-likeness (QED) is 0.322. The van der Waals surface area contributed by atoms with E-state index in [1.807, 2.05) is 13.8 Å². The van der Waals surface area contributed by atoms with E-state index in [4.69, 9.17) is 5.73 Å². The van der Waals surface area contributed by atoms with Gasteiger partial charge in [-0.1, -0.05) is 13.8 Å². The molecule has 0 amide bonds. The van der Waals surface area contributed by atoms with Crippen LogP contribution in [-0.4, -0.2) is 12.6 Å². The van der Waals surface area contributed by atoms with E-state index >= 15 is 0 Å². The van der Waals surface area contributed by atoms with Crippen LogP contribution in [0.5, 0.6) is 0 Å². The number of hydrogen-bond acceptors (Lipinski definition) is 3. The summed E-state index contributed by atoms with van der Waals surface area (Å²) in [6.45, 7) is 7.06. The highest BCUT2D eigenvalue weighted by Gasteiger charge is 1.95. The Labute approximate surface area is 54.8 Å². The molecular weight excluding hydrogens is 116 g/mol. The average Bonchev–Trinajstić information content (AvgIpc) is 1.82. The first-order chi connectivity index (χ1) is 4.18. The zero-order chi connectivity index (χ0) is 7.28. The lowest BCUT2D eigenvalue weighted by atomic mass is 10.2. The van der Waals surface area contributed by atoms with E-state index in [2.05, 4.69) is 22.5 Å². The summed E-state index contributed by atoms with van der Waals surface area (Å²) in [6, 6.07) is 0. The van der Waals surface area contributed by atoms with Gasteiger partial charge in [0.05, 0.1) is 0 Å². The van der Waals surface area contributed by atoms with Crippen LogP contribution >= 0.6 is 0 Å². The SMILES string of the molecule is C=NN/N=C(\N)C(C)C. The molecule has 0 aromatic rings. The van der Waals surface area contributed by atoms with E-state index in [1.54, 1.807) is 0 Å². The van der Waals surface area contributed by atoms with E-state index in [-0.39, 0.29) is 5.92 Å². The maximum absolute atomic E-state index is 5.40. The molecule has 3 N–H and O–H groups in total. The van der Waals surface area contributed by atoms with Gasteiger partial charge in [-0.2, -0.15) is 10.6 Å². The topological polar surface area (TPSA) is 62.8 Å². The monoisotopic (exact) mass is 128 g/mol. The molecule has 0 rings (SSSR count). The number of hydrogen-bond donors (Lipinski definition) is 2. The molecule has 0 aromatic carbocycles. The molecule has 0 atom stereocenters. The van der Waals surface area contributed by atoms with Crippen LogP contribution in [0.4, 0.5) is 0 Å². The Bertz CT molecular complexity index is 116. The van der Waals surface area contributed by atoms with Crippen molar-refractivity contribution >= 4 is 12.6 Å². The molecule has 0 aliphatic heterocycles. The minimum atomic E-state index is 0.249. The average molecular weight is 128 g/mol. The molecule has 0 aliphatic carbocycles. The molecule has 4 nitrogen and oxygen atoms in total. The summed E-state index contributed by atoms with van der Waals surface area (Å²) in [5.41, 5.74) is 7.71. The molecule has 0 spiro atoms. The number of nitrogens with zero attached hydrogens (tertiary/aromatic N) is 2. The number of nitrogens with one attached hydrogen (secondary N) is 1. The van der Waals surface area contributed by atoms with Gasteiger partial charge in [0.1, 0.15) is 5.84 Å². The van der Waals surface area contributed by atoms with Crippen LogP contribution in [0.25, 0.3) is 0 Å². The molecule has 0 radical (unpaired) electrons. The van der Waals surface area contributed by atoms with Crippen LogP contribution in [0.1, 0.15) is 13.8 Å². The summed E-state index contributed by atoms with van der Waals surface area (Å²) in [4.78, 5) is 0. The third kappa shape index (κ3) is 3.52. The zero-order valence-electron chi connectivity index (χ0n) is 5.76. The lowest BCUT2D eigenvalue weighted by Crippen LogP contribution is -2.21. The first-order valence-electron chi connectivity index (χ1n) is 2.72. The standard InChI is InChI=1S/C5H12N4/c1-4(2)5(6)8-9-7-3/h4,9H,3H2,1-2H3,(H2,6,8). The second kappa shape index (κ2) is 3.88. The molecule has 4 heteroatoms.